The van der Waals surface area contributed by atoms with E-state index >= 15 is 0 Å². The summed E-state index contributed by atoms with van der Waals surface area (Å²) in [6, 6.07) is 5.68. The summed E-state index contributed by atoms with van der Waals surface area (Å²) in [5.41, 5.74) is 0.938. The molecule has 0 spiro atoms. The van der Waals surface area contributed by atoms with Crippen LogP contribution < -0.4 is 10.6 Å². The van der Waals surface area contributed by atoms with Gasteiger partial charge in [-0.1, -0.05) is 6.07 Å². The minimum atomic E-state index is -0.434. The van der Waals surface area contributed by atoms with Gasteiger partial charge in [0.05, 0.1) is 5.69 Å². The van der Waals surface area contributed by atoms with E-state index < -0.39 is 17.3 Å². The number of fused-ring (bicyclic) bond motifs is 1. The number of anilines is 1. The minimum absolute atomic E-state index is 0.230. The molecular weight excluding hydrogens is 335 g/mol. The van der Waals surface area contributed by atoms with E-state index in [9.17, 15) is 14.0 Å². The second kappa shape index (κ2) is 6.90. The molecule has 0 bridgehead atoms. The molecule has 26 heavy (non-hydrogen) atoms. The van der Waals surface area contributed by atoms with Crippen molar-refractivity contribution in [2.24, 2.45) is 0 Å². The van der Waals surface area contributed by atoms with Gasteiger partial charge in [-0.2, -0.15) is 0 Å². The number of halogens is 1. The predicted octanol–water partition coefficient (Wildman–Crippen LogP) is 3.14. The Morgan fingerprint density at radius 3 is 2.65 bits per heavy atom. The van der Waals surface area contributed by atoms with Gasteiger partial charge < -0.3 is 15.2 Å². The van der Waals surface area contributed by atoms with Crippen LogP contribution in [0.3, 0.4) is 0 Å². The van der Waals surface area contributed by atoms with Crippen LogP contribution in [0.25, 0.3) is 0 Å². The van der Waals surface area contributed by atoms with E-state index in [4.69, 9.17) is 0 Å². The standard InChI is InChI=1S/C19H23FN4O2/c1-19(2,3)23-18(26)16-22-15(14-9-4-5-10-24(14)16)17(25)21-13-8-6-7-12(20)11-13/h6-8,11H,4-5,9-10H2,1-3H3,(H,21,25)(H,23,26). The minimum Gasteiger partial charge on any atom is -0.345 e. The van der Waals surface area contributed by atoms with Gasteiger partial charge in [-0.25, -0.2) is 9.37 Å². The maximum atomic E-state index is 13.3. The highest BCUT2D eigenvalue weighted by molar-refractivity contribution is 6.05. The zero-order valence-corrected chi connectivity index (χ0v) is 15.2. The molecule has 2 heterocycles. The lowest BCUT2D eigenvalue weighted by atomic mass is 10.1. The highest BCUT2D eigenvalue weighted by Crippen LogP contribution is 2.22. The Morgan fingerprint density at radius 2 is 1.96 bits per heavy atom. The Labute approximate surface area is 151 Å². The molecule has 1 aromatic heterocycles. The van der Waals surface area contributed by atoms with Gasteiger partial charge in [-0.3, -0.25) is 9.59 Å². The highest BCUT2D eigenvalue weighted by atomic mass is 19.1. The summed E-state index contributed by atoms with van der Waals surface area (Å²) in [6.07, 6.45) is 2.55. The number of aromatic nitrogens is 2. The third-order valence-electron chi connectivity index (χ3n) is 4.11. The molecular formula is C19H23FN4O2. The van der Waals surface area contributed by atoms with Crippen molar-refractivity contribution in [1.29, 1.82) is 0 Å². The molecule has 1 aromatic carbocycles. The Balaban J connectivity index is 1.92. The van der Waals surface area contributed by atoms with Crippen molar-refractivity contribution in [3.8, 4) is 0 Å². The average molecular weight is 358 g/mol. The van der Waals surface area contributed by atoms with Gasteiger partial charge in [0, 0.05) is 17.8 Å². The number of benzene rings is 1. The second-order valence-electron chi connectivity index (χ2n) is 7.51. The maximum absolute atomic E-state index is 13.3. The first-order chi connectivity index (χ1) is 12.2. The van der Waals surface area contributed by atoms with Crippen molar-refractivity contribution in [3.63, 3.8) is 0 Å². The number of nitrogens with zero attached hydrogens (tertiary/aromatic N) is 2. The van der Waals surface area contributed by atoms with Crippen LogP contribution in [0.5, 0.6) is 0 Å². The molecule has 0 atom stereocenters. The molecule has 1 aliphatic heterocycles. The highest BCUT2D eigenvalue weighted by Gasteiger charge is 2.29. The summed E-state index contributed by atoms with van der Waals surface area (Å²) in [4.78, 5) is 29.6. The van der Waals surface area contributed by atoms with Gasteiger partial charge in [0.1, 0.15) is 5.82 Å². The van der Waals surface area contributed by atoms with Gasteiger partial charge >= 0.3 is 0 Å². The molecule has 0 unspecified atom stereocenters. The SMILES string of the molecule is CC(C)(C)NC(=O)c1nc(C(=O)Nc2cccc(F)c2)c2n1CCCC2. The number of nitrogens with one attached hydrogen (secondary N) is 2. The third kappa shape index (κ3) is 3.92. The second-order valence-corrected chi connectivity index (χ2v) is 7.51. The molecule has 1 aliphatic rings. The van der Waals surface area contributed by atoms with Gasteiger partial charge in [0.25, 0.3) is 11.8 Å². The van der Waals surface area contributed by atoms with E-state index in [0.717, 1.165) is 18.5 Å². The average Bonchev–Trinajstić information content (AvgIpc) is 2.93. The number of carbonyl (C=O) groups excluding carboxylic acids is 2. The van der Waals surface area contributed by atoms with E-state index in [1.165, 1.54) is 18.2 Å². The third-order valence-corrected chi connectivity index (χ3v) is 4.11. The van der Waals surface area contributed by atoms with Gasteiger partial charge in [0.2, 0.25) is 0 Å². The van der Waals surface area contributed by atoms with Crippen molar-refractivity contribution in [2.45, 2.75) is 52.1 Å². The summed E-state index contributed by atoms with van der Waals surface area (Å²) in [5.74, 6) is -0.916. The van der Waals surface area contributed by atoms with Crippen molar-refractivity contribution in [3.05, 3.63) is 47.3 Å². The van der Waals surface area contributed by atoms with E-state index in [0.29, 0.717) is 18.7 Å². The monoisotopic (exact) mass is 358 g/mol. The zero-order chi connectivity index (χ0) is 18.9. The Bertz CT molecular complexity index is 852. The lowest BCUT2D eigenvalue weighted by Gasteiger charge is -2.22. The van der Waals surface area contributed by atoms with Crippen LogP contribution in [0.1, 0.15) is 60.4 Å². The fourth-order valence-electron chi connectivity index (χ4n) is 3.05. The first-order valence-electron chi connectivity index (χ1n) is 8.73. The number of rotatable bonds is 3. The van der Waals surface area contributed by atoms with Crippen LogP contribution in [-0.2, 0) is 13.0 Å². The normalized spacial score (nSPS) is 13.8. The molecule has 2 N–H and O–H groups in total. The van der Waals surface area contributed by atoms with E-state index in [1.807, 2.05) is 25.3 Å². The van der Waals surface area contributed by atoms with Crippen molar-refractivity contribution < 1.29 is 14.0 Å². The quantitative estimate of drug-likeness (QED) is 0.885. The Hall–Kier alpha value is -2.70. The molecule has 0 radical (unpaired) electrons. The topological polar surface area (TPSA) is 76.0 Å². The lowest BCUT2D eigenvalue weighted by molar-refractivity contribution is 0.0903. The van der Waals surface area contributed by atoms with E-state index in [-0.39, 0.29) is 17.4 Å². The predicted molar refractivity (Wildman–Crippen MR) is 96.7 cm³/mol. The molecule has 0 aliphatic carbocycles. The fraction of sp³-hybridized carbons (Fsp3) is 0.421. The van der Waals surface area contributed by atoms with Gasteiger partial charge in [-0.15, -0.1) is 0 Å². The van der Waals surface area contributed by atoms with Crippen LogP contribution in [0.2, 0.25) is 0 Å². The molecule has 0 saturated heterocycles. The smallest absolute Gasteiger partial charge is 0.287 e. The largest absolute Gasteiger partial charge is 0.345 e. The molecule has 3 rings (SSSR count). The van der Waals surface area contributed by atoms with Crippen LogP contribution in [0.15, 0.2) is 24.3 Å². The van der Waals surface area contributed by atoms with E-state index in [2.05, 4.69) is 15.6 Å². The molecule has 2 aromatic rings. The summed E-state index contributed by atoms with van der Waals surface area (Å²) >= 11 is 0. The zero-order valence-electron chi connectivity index (χ0n) is 15.2. The number of imidazole rings is 1. The molecule has 6 nitrogen and oxygen atoms in total. The number of amides is 2. The first kappa shape index (κ1) is 18.1. The molecule has 0 saturated carbocycles. The Morgan fingerprint density at radius 1 is 1.19 bits per heavy atom. The Kier molecular flexibility index (Phi) is 4.80. The molecule has 7 heteroatoms. The van der Waals surface area contributed by atoms with Crippen LogP contribution in [0.4, 0.5) is 10.1 Å². The summed E-state index contributed by atoms with van der Waals surface area (Å²) in [5, 5.41) is 5.55. The number of carbonyl (C=O) groups is 2. The van der Waals surface area contributed by atoms with Gasteiger partial charge in [0.15, 0.2) is 11.5 Å². The number of hydrogen-bond donors (Lipinski definition) is 2. The summed E-state index contributed by atoms with van der Waals surface area (Å²) in [7, 11) is 0. The maximum Gasteiger partial charge on any atom is 0.287 e. The molecule has 138 valence electrons. The fourth-order valence-corrected chi connectivity index (χ4v) is 3.05. The molecule has 0 fully saturated rings. The van der Waals surface area contributed by atoms with Crippen molar-refractivity contribution in [1.82, 2.24) is 14.9 Å². The molecule has 2 amide bonds. The van der Waals surface area contributed by atoms with Crippen LogP contribution >= 0.6 is 0 Å². The van der Waals surface area contributed by atoms with Crippen LogP contribution in [-0.4, -0.2) is 26.9 Å². The van der Waals surface area contributed by atoms with E-state index in [1.54, 1.807) is 6.07 Å². The van der Waals surface area contributed by atoms with Crippen molar-refractivity contribution in [2.75, 3.05) is 5.32 Å². The summed E-state index contributed by atoms with van der Waals surface area (Å²) < 4.78 is 15.2. The van der Waals surface area contributed by atoms with Crippen LogP contribution in [0, 0.1) is 5.82 Å². The van der Waals surface area contributed by atoms with Gasteiger partial charge in [-0.05, 0) is 58.2 Å². The van der Waals surface area contributed by atoms with Crippen molar-refractivity contribution >= 4 is 17.5 Å². The lowest BCUT2D eigenvalue weighted by Crippen LogP contribution is -2.42. The number of hydrogen-bond acceptors (Lipinski definition) is 3. The first-order valence-corrected chi connectivity index (χ1v) is 8.73. The summed E-state index contributed by atoms with van der Waals surface area (Å²) in [6.45, 7) is 6.33.